The molecule has 1 aromatic carbocycles. The maximum atomic E-state index is 9.56. The van der Waals surface area contributed by atoms with Gasteiger partial charge in [-0.15, -0.1) is 5.10 Å². The number of fused-ring (bicyclic) bond motifs is 1. The van der Waals surface area contributed by atoms with Gasteiger partial charge in [-0.1, -0.05) is 11.6 Å². The van der Waals surface area contributed by atoms with E-state index < -0.39 is 0 Å². The average Bonchev–Trinajstić information content (AvgIpc) is 3.22. The SMILES string of the molecule is Nc1cc(Cl)cc(Nc2nc(N3CCC[C@@H]3CO)nc3n[nH]nc23)c1. The highest BCUT2D eigenvalue weighted by Gasteiger charge is 2.27. The second-order valence-corrected chi connectivity index (χ2v) is 6.37. The van der Waals surface area contributed by atoms with Crippen LogP contribution in [-0.2, 0) is 0 Å². The van der Waals surface area contributed by atoms with E-state index in [2.05, 4.69) is 30.7 Å². The van der Waals surface area contributed by atoms with Crippen LogP contribution in [0.5, 0.6) is 0 Å². The lowest BCUT2D eigenvalue weighted by Gasteiger charge is -2.23. The summed E-state index contributed by atoms with van der Waals surface area (Å²) in [7, 11) is 0. The zero-order valence-electron chi connectivity index (χ0n) is 13.3. The molecule has 9 nitrogen and oxygen atoms in total. The number of aromatic amines is 1. The standard InChI is InChI=1S/C15H17ClN8O/c16-8-4-9(17)6-10(5-8)18-13-12-14(22-23-21-12)20-15(19-13)24-3-1-2-11(24)7-25/h4-6,11,25H,1-3,7,17H2,(H2,18,19,20,21,22,23)/t11-/m1/s1. The smallest absolute Gasteiger partial charge is 0.229 e. The fourth-order valence-corrected chi connectivity index (χ4v) is 3.30. The molecular weight excluding hydrogens is 344 g/mol. The fraction of sp³-hybridized carbons (Fsp3) is 0.333. The molecule has 0 aliphatic carbocycles. The van der Waals surface area contributed by atoms with Crippen LogP contribution >= 0.6 is 11.6 Å². The molecule has 5 N–H and O–H groups in total. The van der Waals surface area contributed by atoms with E-state index in [-0.39, 0.29) is 12.6 Å². The summed E-state index contributed by atoms with van der Waals surface area (Å²) in [4.78, 5) is 11.0. The van der Waals surface area contributed by atoms with Crippen LogP contribution in [0.1, 0.15) is 12.8 Å². The number of anilines is 4. The van der Waals surface area contributed by atoms with E-state index in [9.17, 15) is 5.11 Å². The molecule has 1 aliphatic heterocycles. The minimum atomic E-state index is 0.0130. The minimum Gasteiger partial charge on any atom is -0.399 e. The lowest BCUT2D eigenvalue weighted by molar-refractivity contribution is 0.265. The lowest BCUT2D eigenvalue weighted by Crippen LogP contribution is -2.33. The van der Waals surface area contributed by atoms with Gasteiger partial charge in [0.25, 0.3) is 0 Å². The van der Waals surface area contributed by atoms with Crippen molar-refractivity contribution in [3.8, 4) is 0 Å². The van der Waals surface area contributed by atoms with Crippen LogP contribution in [0.25, 0.3) is 11.2 Å². The van der Waals surface area contributed by atoms with E-state index in [1.54, 1.807) is 18.2 Å². The molecule has 25 heavy (non-hydrogen) atoms. The normalized spacial score (nSPS) is 17.4. The average molecular weight is 361 g/mol. The van der Waals surface area contributed by atoms with Crippen LogP contribution < -0.4 is 16.0 Å². The zero-order valence-corrected chi connectivity index (χ0v) is 14.0. The third kappa shape index (κ3) is 3.03. The van der Waals surface area contributed by atoms with Crippen LogP contribution in [0.4, 0.5) is 23.1 Å². The van der Waals surface area contributed by atoms with Gasteiger partial charge in [-0.25, -0.2) is 0 Å². The Hall–Kier alpha value is -2.65. The first-order valence-electron chi connectivity index (χ1n) is 7.93. The van der Waals surface area contributed by atoms with Gasteiger partial charge in [0.2, 0.25) is 11.6 Å². The Balaban J connectivity index is 1.76. The van der Waals surface area contributed by atoms with Crippen molar-refractivity contribution in [2.24, 2.45) is 0 Å². The molecule has 0 saturated carbocycles. The maximum absolute atomic E-state index is 9.56. The first-order chi connectivity index (χ1) is 12.1. The molecule has 1 aliphatic rings. The number of H-pyrrole nitrogens is 1. The summed E-state index contributed by atoms with van der Waals surface area (Å²) in [6, 6.07) is 5.18. The Bertz CT molecular complexity index is 893. The molecule has 1 fully saturated rings. The van der Waals surface area contributed by atoms with E-state index >= 15 is 0 Å². The minimum absolute atomic E-state index is 0.0130. The quantitative estimate of drug-likeness (QED) is 0.517. The molecule has 0 radical (unpaired) electrons. The maximum Gasteiger partial charge on any atom is 0.229 e. The van der Waals surface area contributed by atoms with Crippen molar-refractivity contribution < 1.29 is 5.11 Å². The third-order valence-corrected chi connectivity index (χ3v) is 4.42. The number of nitrogens with one attached hydrogen (secondary N) is 2. The van der Waals surface area contributed by atoms with Gasteiger partial charge < -0.3 is 21.1 Å². The largest absolute Gasteiger partial charge is 0.399 e. The Morgan fingerprint density at radius 1 is 1.32 bits per heavy atom. The number of hydrogen-bond donors (Lipinski definition) is 4. The van der Waals surface area contributed by atoms with Gasteiger partial charge in [0, 0.05) is 22.9 Å². The fourth-order valence-electron chi connectivity index (χ4n) is 3.06. The van der Waals surface area contributed by atoms with Crippen LogP contribution in [0, 0.1) is 0 Å². The summed E-state index contributed by atoms with van der Waals surface area (Å²) in [5.41, 5.74) is 8.05. The predicted octanol–water partition coefficient (Wildman–Crippen LogP) is 1.69. The van der Waals surface area contributed by atoms with Gasteiger partial charge in [-0.2, -0.15) is 20.3 Å². The topological polar surface area (TPSA) is 129 Å². The molecule has 3 aromatic rings. The lowest BCUT2D eigenvalue weighted by atomic mass is 10.2. The van der Waals surface area contributed by atoms with E-state index in [1.807, 2.05) is 4.90 Å². The number of nitrogen functional groups attached to an aromatic ring is 1. The number of aliphatic hydroxyl groups excluding tert-OH is 1. The molecule has 0 bridgehead atoms. The first kappa shape index (κ1) is 15.9. The van der Waals surface area contributed by atoms with Crippen molar-refractivity contribution in [2.75, 3.05) is 29.1 Å². The van der Waals surface area contributed by atoms with Crippen LogP contribution in [0.15, 0.2) is 18.2 Å². The molecule has 10 heteroatoms. The molecule has 0 spiro atoms. The number of nitrogens with two attached hydrogens (primary N) is 1. The zero-order chi connectivity index (χ0) is 17.4. The molecule has 3 heterocycles. The Morgan fingerprint density at radius 2 is 2.20 bits per heavy atom. The summed E-state index contributed by atoms with van der Waals surface area (Å²) in [6.07, 6.45) is 1.89. The van der Waals surface area contributed by atoms with Crippen LogP contribution in [0.3, 0.4) is 0 Å². The molecule has 2 aromatic heterocycles. The Kier molecular flexibility index (Phi) is 4.02. The van der Waals surface area contributed by atoms with Crippen molar-refractivity contribution in [1.82, 2.24) is 25.4 Å². The molecule has 1 atom stereocenters. The van der Waals surface area contributed by atoms with Gasteiger partial charge in [0.05, 0.1) is 12.6 Å². The first-order valence-corrected chi connectivity index (χ1v) is 8.31. The summed E-state index contributed by atoms with van der Waals surface area (Å²) < 4.78 is 0. The summed E-state index contributed by atoms with van der Waals surface area (Å²) in [5, 5.41) is 24.0. The van der Waals surface area contributed by atoms with E-state index in [1.165, 1.54) is 0 Å². The highest BCUT2D eigenvalue weighted by Crippen LogP contribution is 2.29. The summed E-state index contributed by atoms with van der Waals surface area (Å²) >= 11 is 6.06. The van der Waals surface area contributed by atoms with Gasteiger partial charge >= 0.3 is 0 Å². The summed E-state index contributed by atoms with van der Waals surface area (Å²) in [5.74, 6) is 1.01. The molecule has 0 unspecified atom stereocenters. The highest BCUT2D eigenvalue weighted by molar-refractivity contribution is 6.31. The van der Waals surface area contributed by atoms with Crippen molar-refractivity contribution >= 4 is 45.9 Å². The number of aliphatic hydroxyl groups is 1. The van der Waals surface area contributed by atoms with Gasteiger partial charge in [-0.05, 0) is 31.0 Å². The number of benzene rings is 1. The molecule has 130 valence electrons. The predicted molar refractivity (Wildman–Crippen MR) is 96.1 cm³/mol. The number of nitrogens with zero attached hydrogens (tertiary/aromatic N) is 5. The number of aromatic nitrogens is 5. The molecule has 1 saturated heterocycles. The van der Waals surface area contributed by atoms with Gasteiger partial charge in [0.15, 0.2) is 11.3 Å². The molecule has 0 amide bonds. The van der Waals surface area contributed by atoms with Gasteiger partial charge in [-0.3, -0.25) is 0 Å². The molecule has 4 rings (SSSR count). The van der Waals surface area contributed by atoms with Crippen molar-refractivity contribution in [3.05, 3.63) is 23.2 Å². The van der Waals surface area contributed by atoms with Crippen molar-refractivity contribution in [2.45, 2.75) is 18.9 Å². The number of rotatable bonds is 4. The van der Waals surface area contributed by atoms with E-state index in [0.717, 1.165) is 19.4 Å². The van der Waals surface area contributed by atoms with Gasteiger partial charge in [0.1, 0.15) is 0 Å². The highest BCUT2D eigenvalue weighted by atomic mass is 35.5. The summed E-state index contributed by atoms with van der Waals surface area (Å²) in [6.45, 7) is 0.853. The molecular formula is C15H17ClN8O. The van der Waals surface area contributed by atoms with Crippen molar-refractivity contribution in [3.63, 3.8) is 0 Å². The van der Waals surface area contributed by atoms with E-state index in [0.29, 0.717) is 39.3 Å². The second-order valence-electron chi connectivity index (χ2n) is 5.94. The van der Waals surface area contributed by atoms with Crippen molar-refractivity contribution in [1.29, 1.82) is 0 Å². The Labute approximate surface area is 148 Å². The van der Waals surface area contributed by atoms with E-state index in [4.69, 9.17) is 17.3 Å². The van der Waals surface area contributed by atoms with Crippen LogP contribution in [-0.4, -0.2) is 49.7 Å². The monoisotopic (exact) mass is 360 g/mol. The second kappa shape index (κ2) is 6.34. The number of hydrogen-bond acceptors (Lipinski definition) is 8. The third-order valence-electron chi connectivity index (χ3n) is 4.20. The Morgan fingerprint density at radius 3 is 3.00 bits per heavy atom. The van der Waals surface area contributed by atoms with Crippen LogP contribution in [0.2, 0.25) is 5.02 Å². The number of halogens is 1.